The molecule has 0 atom stereocenters. The predicted octanol–water partition coefficient (Wildman–Crippen LogP) is 6.37. The molecule has 112 valence electrons. The van der Waals surface area contributed by atoms with Crippen LogP contribution in [0.1, 0.15) is 13.3 Å². The van der Waals surface area contributed by atoms with E-state index in [2.05, 4.69) is 38.5 Å². The van der Waals surface area contributed by atoms with Gasteiger partial charge in [-0.15, -0.1) is 0 Å². The van der Waals surface area contributed by atoms with Crippen molar-refractivity contribution in [1.82, 2.24) is 4.98 Å². The molecule has 7 heteroatoms. The van der Waals surface area contributed by atoms with Gasteiger partial charge in [-0.2, -0.15) is 0 Å². The molecule has 2 N–H and O–H groups in total. The molecule has 1 aromatic heterocycles. The largest absolute Gasteiger partial charge is 0.369 e. The van der Waals surface area contributed by atoms with E-state index in [0.29, 0.717) is 26.7 Å². The summed E-state index contributed by atoms with van der Waals surface area (Å²) in [4.78, 5) is 4.42. The lowest BCUT2D eigenvalue weighted by molar-refractivity contribution is 0.970. The number of pyridine rings is 1. The highest BCUT2D eigenvalue weighted by atomic mass is 79.9. The predicted molar refractivity (Wildman–Crippen MR) is 95.5 cm³/mol. The first-order chi connectivity index (χ1) is 10.0. The number of hydrogen-bond donors (Lipinski definition) is 2. The van der Waals surface area contributed by atoms with E-state index in [-0.39, 0.29) is 0 Å². The summed E-state index contributed by atoms with van der Waals surface area (Å²) < 4.78 is 0.829. The molecule has 0 unspecified atom stereocenters. The Morgan fingerprint density at radius 3 is 2.43 bits per heavy atom. The minimum Gasteiger partial charge on any atom is -0.369 e. The van der Waals surface area contributed by atoms with Gasteiger partial charge in [-0.25, -0.2) is 4.98 Å². The van der Waals surface area contributed by atoms with Crippen molar-refractivity contribution in [2.75, 3.05) is 17.2 Å². The summed E-state index contributed by atoms with van der Waals surface area (Å²) in [5.41, 5.74) is 0.793. The minimum atomic E-state index is 0.445. The van der Waals surface area contributed by atoms with Crippen LogP contribution in [0, 0.1) is 0 Å². The summed E-state index contributed by atoms with van der Waals surface area (Å²) in [6.45, 7) is 2.86. The topological polar surface area (TPSA) is 37.0 Å². The third kappa shape index (κ3) is 4.39. The maximum Gasteiger partial charge on any atom is 0.151 e. The van der Waals surface area contributed by atoms with Crippen LogP contribution < -0.4 is 10.6 Å². The van der Waals surface area contributed by atoms with E-state index in [9.17, 15) is 0 Å². The Morgan fingerprint density at radius 2 is 1.76 bits per heavy atom. The SMILES string of the molecule is CCCNc1nc(Nc2ccc(Br)c(Cl)c2)c(Cl)cc1Cl. The molecule has 0 bridgehead atoms. The van der Waals surface area contributed by atoms with Crippen LogP contribution in [0.3, 0.4) is 0 Å². The number of benzene rings is 1. The van der Waals surface area contributed by atoms with Gasteiger partial charge >= 0.3 is 0 Å². The van der Waals surface area contributed by atoms with Gasteiger partial charge in [-0.1, -0.05) is 41.7 Å². The lowest BCUT2D eigenvalue weighted by atomic mass is 10.3. The first-order valence-corrected chi connectivity index (χ1v) is 8.26. The van der Waals surface area contributed by atoms with Gasteiger partial charge in [0.15, 0.2) is 5.82 Å². The average Bonchev–Trinajstić information content (AvgIpc) is 2.44. The highest BCUT2D eigenvalue weighted by Gasteiger charge is 2.10. The standard InChI is InChI=1S/C14H13BrCl3N3/c1-2-5-19-13-11(17)7-12(18)14(21-13)20-8-3-4-9(15)10(16)6-8/h3-4,6-7H,2,5H2,1H3,(H2,19,20,21). The van der Waals surface area contributed by atoms with Gasteiger partial charge in [0.05, 0.1) is 15.1 Å². The molecule has 0 spiro atoms. The second kappa shape index (κ2) is 7.54. The van der Waals surface area contributed by atoms with Crippen molar-refractivity contribution >= 4 is 68.1 Å². The Morgan fingerprint density at radius 1 is 1.05 bits per heavy atom. The zero-order valence-corrected chi connectivity index (χ0v) is 15.0. The molecule has 3 nitrogen and oxygen atoms in total. The number of anilines is 3. The Balaban J connectivity index is 2.28. The first-order valence-electron chi connectivity index (χ1n) is 6.33. The van der Waals surface area contributed by atoms with Crippen LogP contribution in [0.15, 0.2) is 28.7 Å². The Labute approximate surface area is 147 Å². The number of aromatic nitrogens is 1. The van der Waals surface area contributed by atoms with Crippen LogP contribution in [-0.2, 0) is 0 Å². The van der Waals surface area contributed by atoms with Crippen molar-refractivity contribution in [3.8, 4) is 0 Å². The molecule has 0 fully saturated rings. The summed E-state index contributed by atoms with van der Waals surface area (Å²) >= 11 is 21.7. The molecule has 1 heterocycles. The third-order valence-corrected chi connectivity index (χ3v) is 4.46. The van der Waals surface area contributed by atoms with E-state index in [1.165, 1.54) is 0 Å². The van der Waals surface area contributed by atoms with Gasteiger partial charge in [-0.3, -0.25) is 0 Å². The van der Waals surface area contributed by atoms with Crippen molar-refractivity contribution in [2.24, 2.45) is 0 Å². The lowest BCUT2D eigenvalue weighted by Crippen LogP contribution is -2.04. The van der Waals surface area contributed by atoms with Crippen molar-refractivity contribution < 1.29 is 0 Å². The molecule has 2 aromatic rings. The van der Waals surface area contributed by atoms with E-state index < -0.39 is 0 Å². The van der Waals surface area contributed by atoms with E-state index in [1.54, 1.807) is 12.1 Å². The molecule has 0 radical (unpaired) electrons. The highest BCUT2D eigenvalue weighted by molar-refractivity contribution is 9.10. The smallest absolute Gasteiger partial charge is 0.151 e. The fourth-order valence-electron chi connectivity index (χ4n) is 1.63. The monoisotopic (exact) mass is 407 g/mol. The summed E-state index contributed by atoms with van der Waals surface area (Å²) in [5.74, 6) is 1.13. The first kappa shape index (κ1) is 16.7. The lowest BCUT2D eigenvalue weighted by Gasteiger charge is -2.12. The van der Waals surface area contributed by atoms with Gasteiger partial charge in [0.2, 0.25) is 0 Å². The summed E-state index contributed by atoms with van der Waals surface area (Å²) in [6.07, 6.45) is 0.978. The molecule has 0 amide bonds. The maximum absolute atomic E-state index is 6.18. The fourth-order valence-corrected chi connectivity index (χ4v) is 2.53. The van der Waals surface area contributed by atoms with Crippen LogP contribution >= 0.6 is 50.7 Å². The van der Waals surface area contributed by atoms with Crippen LogP contribution in [-0.4, -0.2) is 11.5 Å². The zero-order chi connectivity index (χ0) is 15.4. The van der Waals surface area contributed by atoms with Crippen molar-refractivity contribution in [2.45, 2.75) is 13.3 Å². The molecule has 0 saturated heterocycles. The van der Waals surface area contributed by atoms with Crippen molar-refractivity contribution in [3.63, 3.8) is 0 Å². The fraction of sp³-hybridized carbons (Fsp3) is 0.214. The quantitative estimate of drug-likeness (QED) is 0.602. The molecular formula is C14H13BrCl3N3. The molecule has 21 heavy (non-hydrogen) atoms. The number of nitrogens with zero attached hydrogens (tertiary/aromatic N) is 1. The number of halogens is 4. The second-order valence-electron chi connectivity index (χ2n) is 4.33. The van der Waals surface area contributed by atoms with Gasteiger partial charge in [-0.05, 0) is 46.6 Å². The van der Waals surface area contributed by atoms with Gasteiger partial charge in [0.1, 0.15) is 5.82 Å². The van der Waals surface area contributed by atoms with E-state index in [1.807, 2.05) is 12.1 Å². The molecule has 0 aliphatic carbocycles. The van der Waals surface area contributed by atoms with Crippen LogP contribution in [0.25, 0.3) is 0 Å². The molecule has 1 aromatic carbocycles. The van der Waals surface area contributed by atoms with Crippen LogP contribution in [0.5, 0.6) is 0 Å². The van der Waals surface area contributed by atoms with E-state index in [0.717, 1.165) is 23.1 Å². The molecule has 0 saturated carbocycles. The van der Waals surface area contributed by atoms with Gasteiger partial charge < -0.3 is 10.6 Å². The Bertz CT molecular complexity index is 650. The average molecular weight is 410 g/mol. The normalized spacial score (nSPS) is 10.5. The Kier molecular flexibility index (Phi) is 5.99. The summed E-state index contributed by atoms with van der Waals surface area (Å²) in [7, 11) is 0. The molecule has 0 aliphatic heterocycles. The van der Waals surface area contributed by atoms with Gasteiger partial charge in [0.25, 0.3) is 0 Å². The number of rotatable bonds is 5. The molecule has 2 rings (SSSR count). The summed E-state index contributed by atoms with van der Waals surface area (Å²) in [6, 6.07) is 7.18. The zero-order valence-electron chi connectivity index (χ0n) is 11.2. The maximum atomic E-state index is 6.18. The number of nitrogens with one attached hydrogen (secondary N) is 2. The highest BCUT2D eigenvalue weighted by Crippen LogP contribution is 2.32. The van der Waals surface area contributed by atoms with Crippen LogP contribution in [0.4, 0.5) is 17.3 Å². The molecule has 0 aliphatic rings. The number of hydrogen-bond acceptors (Lipinski definition) is 3. The van der Waals surface area contributed by atoms with Gasteiger partial charge in [0, 0.05) is 16.7 Å². The molecular weight excluding hydrogens is 396 g/mol. The van der Waals surface area contributed by atoms with Crippen molar-refractivity contribution in [1.29, 1.82) is 0 Å². The third-order valence-electron chi connectivity index (χ3n) is 2.65. The Hall–Kier alpha value is -0.680. The van der Waals surface area contributed by atoms with Crippen LogP contribution in [0.2, 0.25) is 15.1 Å². The van der Waals surface area contributed by atoms with E-state index in [4.69, 9.17) is 34.8 Å². The van der Waals surface area contributed by atoms with E-state index >= 15 is 0 Å². The second-order valence-corrected chi connectivity index (χ2v) is 6.41. The van der Waals surface area contributed by atoms with Crippen molar-refractivity contribution in [3.05, 3.63) is 43.8 Å². The minimum absolute atomic E-state index is 0.445. The summed E-state index contributed by atoms with van der Waals surface area (Å²) in [5, 5.41) is 7.84.